The highest BCUT2D eigenvalue weighted by Crippen LogP contribution is 2.33. The first kappa shape index (κ1) is 11.1. The van der Waals surface area contributed by atoms with Gasteiger partial charge in [-0.25, -0.2) is 0 Å². The molecule has 0 aliphatic carbocycles. The molecule has 0 aliphatic rings. The minimum Gasteiger partial charge on any atom is -0.496 e. The number of aliphatic hydroxyl groups excluding tert-OH is 1. The molecule has 14 heavy (non-hydrogen) atoms. The standard InChI is InChI=1S/C11H13ClO2/c1-3-5-9(13)11-8(12)6-4-7-10(11)14-2/h3-4,6-7,9,13H,1,5H2,2H3. The van der Waals surface area contributed by atoms with Gasteiger partial charge in [0.2, 0.25) is 0 Å². The van der Waals surface area contributed by atoms with E-state index in [9.17, 15) is 5.11 Å². The second kappa shape index (κ2) is 5.03. The molecule has 0 bridgehead atoms. The first-order chi connectivity index (χ1) is 6.70. The molecule has 0 heterocycles. The monoisotopic (exact) mass is 212 g/mol. The quantitative estimate of drug-likeness (QED) is 0.778. The van der Waals surface area contributed by atoms with Gasteiger partial charge in [-0.05, 0) is 18.6 Å². The van der Waals surface area contributed by atoms with Gasteiger partial charge in [-0.2, -0.15) is 0 Å². The Hall–Kier alpha value is -0.990. The third kappa shape index (κ3) is 2.28. The number of hydrogen-bond donors (Lipinski definition) is 1. The van der Waals surface area contributed by atoms with E-state index in [1.54, 1.807) is 31.4 Å². The Kier molecular flexibility index (Phi) is 3.98. The summed E-state index contributed by atoms with van der Waals surface area (Å²) in [5.74, 6) is 0.604. The van der Waals surface area contributed by atoms with Crippen LogP contribution < -0.4 is 4.74 Å². The van der Waals surface area contributed by atoms with Crippen LogP contribution in [0.5, 0.6) is 5.75 Å². The Morgan fingerprint density at radius 3 is 2.93 bits per heavy atom. The van der Waals surface area contributed by atoms with Crippen LogP contribution in [0.3, 0.4) is 0 Å². The highest BCUT2D eigenvalue weighted by Gasteiger charge is 2.15. The average Bonchev–Trinajstić information content (AvgIpc) is 2.17. The second-order valence-corrected chi connectivity index (χ2v) is 3.30. The summed E-state index contributed by atoms with van der Waals surface area (Å²) in [6, 6.07) is 5.28. The van der Waals surface area contributed by atoms with Gasteiger partial charge < -0.3 is 9.84 Å². The topological polar surface area (TPSA) is 29.5 Å². The summed E-state index contributed by atoms with van der Waals surface area (Å²) >= 11 is 5.96. The average molecular weight is 213 g/mol. The van der Waals surface area contributed by atoms with Crippen molar-refractivity contribution in [2.24, 2.45) is 0 Å². The highest BCUT2D eigenvalue weighted by atomic mass is 35.5. The molecule has 0 fully saturated rings. The smallest absolute Gasteiger partial charge is 0.126 e. The Morgan fingerprint density at radius 1 is 1.64 bits per heavy atom. The molecule has 0 spiro atoms. The van der Waals surface area contributed by atoms with Crippen LogP contribution in [0.15, 0.2) is 30.9 Å². The molecule has 0 saturated carbocycles. The molecule has 0 aliphatic heterocycles. The highest BCUT2D eigenvalue weighted by molar-refractivity contribution is 6.31. The van der Waals surface area contributed by atoms with Crippen LogP contribution in [0.4, 0.5) is 0 Å². The second-order valence-electron chi connectivity index (χ2n) is 2.90. The van der Waals surface area contributed by atoms with Crippen molar-refractivity contribution in [3.8, 4) is 5.75 Å². The fourth-order valence-corrected chi connectivity index (χ4v) is 1.59. The van der Waals surface area contributed by atoms with Gasteiger partial charge in [0, 0.05) is 5.56 Å². The Morgan fingerprint density at radius 2 is 2.36 bits per heavy atom. The van der Waals surface area contributed by atoms with Crippen molar-refractivity contribution >= 4 is 11.6 Å². The largest absolute Gasteiger partial charge is 0.496 e. The molecule has 0 radical (unpaired) electrons. The number of benzene rings is 1. The van der Waals surface area contributed by atoms with Gasteiger partial charge in [0.05, 0.1) is 18.2 Å². The van der Waals surface area contributed by atoms with Gasteiger partial charge in [0.15, 0.2) is 0 Å². The summed E-state index contributed by atoms with van der Waals surface area (Å²) in [5, 5.41) is 10.3. The van der Waals surface area contributed by atoms with E-state index in [4.69, 9.17) is 16.3 Å². The number of hydrogen-bond acceptors (Lipinski definition) is 2. The van der Waals surface area contributed by atoms with E-state index in [-0.39, 0.29) is 0 Å². The third-order valence-electron chi connectivity index (χ3n) is 1.96. The summed E-state index contributed by atoms with van der Waals surface area (Å²) < 4.78 is 5.11. The lowest BCUT2D eigenvalue weighted by molar-refractivity contribution is 0.177. The first-order valence-electron chi connectivity index (χ1n) is 4.32. The van der Waals surface area contributed by atoms with Crippen molar-refractivity contribution in [3.63, 3.8) is 0 Å². The van der Waals surface area contributed by atoms with Crippen molar-refractivity contribution in [1.82, 2.24) is 0 Å². The van der Waals surface area contributed by atoms with Gasteiger partial charge in [-0.1, -0.05) is 23.7 Å². The maximum absolute atomic E-state index is 9.78. The predicted molar refractivity (Wildman–Crippen MR) is 57.8 cm³/mol. The molecule has 1 rings (SSSR count). The fraction of sp³-hybridized carbons (Fsp3) is 0.273. The zero-order valence-corrected chi connectivity index (χ0v) is 8.79. The van der Waals surface area contributed by atoms with Crippen LogP contribution >= 0.6 is 11.6 Å². The van der Waals surface area contributed by atoms with Crippen LogP contribution in [-0.2, 0) is 0 Å². The molecule has 1 aromatic carbocycles. The summed E-state index contributed by atoms with van der Waals surface area (Å²) in [7, 11) is 1.55. The molecule has 0 amide bonds. The maximum atomic E-state index is 9.78. The van der Waals surface area contributed by atoms with Crippen molar-refractivity contribution in [2.75, 3.05) is 7.11 Å². The maximum Gasteiger partial charge on any atom is 0.126 e. The summed E-state index contributed by atoms with van der Waals surface area (Å²) in [5.41, 5.74) is 0.622. The molecule has 2 nitrogen and oxygen atoms in total. The van der Waals surface area contributed by atoms with E-state index in [1.807, 2.05) is 0 Å². The van der Waals surface area contributed by atoms with Crippen molar-refractivity contribution in [2.45, 2.75) is 12.5 Å². The third-order valence-corrected chi connectivity index (χ3v) is 2.29. The van der Waals surface area contributed by atoms with Gasteiger partial charge in [0.1, 0.15) is 5.75 Å². The normalized spacial score (nSPS) is 12.2. The van der Waals surface area contributed by atoms with Gasteiger partial charge in [0.25, 0.3) is 0 Å². The van der Waals surface area contributed by atoms with Crippen molar-refractivity contribution in [3.05, 3.63) is 41.4 Å². The van der Waals surface area contributed by atoms with Crippen LogP contribution in [0, 0.1) is 0 Å². The van der Waals surface area contributed by atoms with Crippen LogP contribution in [0.25, 0.3) is 0 Å². The fourth-order valence-electron chi connectivity index (χ4n) is 1.29. The van der Waals surface area contributed by atoms with E-state index >= 15 is 0 Å². The number of methoxy groups -OCH3 is 1. The van der Waals surface area contributed by atoms with Crippen LogP contribution in [0.1, 0.15) is 18.1 Å². The van der Waals surface area contributed by atoms with Gasteiger partial charge in [-0.3, -0.25) is 0 Å². The molecule has 3 heteroatoms. The first-order valence-corrected chi connectivity index (χ1v) is 4.69. The molecule has 1 aromatic rings. The van der Waals surface area contributed by atoms with E-state index in [0.717, 1.165) is 0 Å². The van der Waals surface area contributed by atoms with E-state index in [2.05, 4.69) is 6.58 Å². The lowest BCUT2D eigenvalue weighted by atomic mass is 10.1. The molecular weight excluding hydrogens is 200 g/mol. The zero-order chi connectivity index (χ0) is 10.6. The SMILES string of the molecule is C=CCC(O)c1c(Cl)cccc1OC. The number of ether oxygens (including phenoxy) is 1. The molecule has 1 N–H and O–H groups in total. The zero-order valence-electron chi connectivity index (χ0n) is 8.03. The molecule has 0 saturated heterocycles. The molecule has 76 valence electrons. The van der Waals surface area contributed by atoms with E-state index < -0.39 is 6.10 Å². The molecule has 1 atom stereocenters. The van der Waals surface area contributed by atoms with E-state index in [0.29, 0.717) is 22.8 Å². The van der Waals surface area contributed by atoms with Crippen LogP contribution in [0.2, 0.25) is 5.02 Å². The number of aliphatic hydroxyl groups is 1. The Bertz CT molecular complexity index is 323. The minimum absolute atomic E-state index is 0.458. The number of halogens is 1. The van der Waals surface area contributed by atoms with Crippen LogP contribution in [-0.4, -0.2) is 12.2 Å². The van der Waals surface area contributed by atoms with Crippen molar-refractivity contribution in [1.29, 1.82) is 0 Å². The lowest BCUT2D eigenvalue weighted by Gasteiger charge is -2.14. The molecule has 1 unspecified atom stereocenters. The molecule has 0 aromatic heterocycles. The Labute approximate surface area is 88.8 Å². The van der Waals surface area contributed by atoms with Gasteiger partial charge in [-0.15, -0.1) is 6.58 Å². The van der Waals surface area contributed by atoms with E-state index in [1.165, 1.54) is 0 Å². The summed E-state index contributed by atoms with van der Waals surface area (Å²) in [6.45, 7) is 3.57. The predicted octanol–water partition coefficient (Wildman–Crippen LogP) is 2.96. The summed E-state index contributed by atoms with van der Waals surface area (Å²) in [4.78, 5) is 0. The van der Waals surface area contributed by atoms with Crippen molar-refractivity contribution < 1.29 is 9.84 Å². The Balaban J connectivity index is 3.09. The molecular formula is C11H13ClO2. The minimum atomic E-state index is -0.656. The number of rotatable bonds is 4. The lowest BCUT2D eigenvalue weighted by Crippen LogP contribution is -2.00. The summed E-state index contributed by atoms with van der Waals surface area (Å²) in [6.07, 6.45) is 1.45. The van der Waals surface area contributed by atoms with Gasteiger partial charge >= 0.3 is 0 Å².